The fourth-order valence-corrected chi connectivity index (χ4v) is 0.851. The molecule has 1 heterocycles. The predicted octanol–water partition coefficient (Wildman–Crippen LogP) is 1.18. The van der Waals surface area contributed by atoms with Gasteiger partial charge in [0, 0.05) is 12.2 Å². The van der Waals surface area contributed by atoms with Gasteiger partial charge in [0.2, 0.25) is 0 Å². The van der Waals surface area contributed by atoms with Crippen LogP contribution in [0.15, 0.2) is 18.3 Å². The van der Waals surface area contributed by atoms with Gasteiger partial charge in [-0.3, -0.25) is 0 Å². The van der Waals surface area contributed by atoms with Crippen LogP contribution in [0.25, 0.3) is 0 Å². The van der Waals surface area contributed by atoms with Crippen LogP contribution in [0.1, 0.15) is 12.5 Å². The molecule has 0 bridgehead atoms. The van der Waals surface area contributed by atoms with E-state index < -0.39 is 0 Å². The summed E-state index contributed by atoms with van der Waals surface area (Å²) in [7, 11) is 0. The molecule has 2 N–H and O–H groups in total. The second-order valence-corrected chi connectivity index (χ2v) is 2.95. The number of pyridine rings is 1. The van der Waals surface area contributed by atoms with Gasteiger partial charge in [-0.2, -0.15) is 0 Å². The summed E-state index contributed by atoms with van der Waals surface area (Å²) in [4.78, 5) is 4.14. The van der Waals surface area contributed by atoms with Gasteiger partial charge < -0.3 is 10.4 Å². The van der Waals surface area contributed by atoms with Gasteiger partial charge in [-0.05, 0) is 25.5 Å². The molecule has 0 aromatic carbocycles. The number of hydrogen-bond donors (Lipinski definition) is 2. The van der Waals surface area contributed by atoms with Crippen molar-refractivity contribution in [1.82, 2.24) is 4.98 Å². The highest BCUT2D eigenvalue weighted by Gasteiger charge is 1.98. The fourth-order valence-electron chi connectivity index (χ4n) is 0.851. The average molecular weight is 166 g/mol. The van der Waals surface area contributed by atoms with Crippen molar-refractivity contribution in [1.29, 1.82) is 0 Å². The maximum atomic E-state index is 8.76. The minimum absolute atomic E-state index is 0.0557. The number of aliphatic hydroxyl groups is 1. The van der Waals surface area contributed by atoms with Crippen LogP contribution < -0.4 is 5.32 Å². The number of aromatic nitrogens is 1. The summed E-state index contributed by atoms with van der Waals surface area (Å²) in [5.74, 6) is 0.808. The van der Waals surface area contributed by atoms with Gasteiger partial charge in [0.25, 0.3) is 0 Å². The molecule has 0 aliphatic rings. The number of nitrogens with zero attached hydrogens (tertiary/aromatic N) is 1. The second-order valence-electron chi connectivity index (χ2n) is 2.95. The zero-order valence-corrected chi connectivity index (χ0v) is 7.41. The first kappa shape index (κ1) is 9.00. The smallest absolute Gasteiger partial charge is 0.126 e. The number of hydrogen-bond acceptors (Lipinski definition) is 3. The summed E-state index contributed by atoms with van der Waals surface area (Å²) in [6, 6.07) is 3.95. The molecule has 1 rings (SSSR count). The molecule has 0 saturated carbocycles. The van der Waals surface area contributed by atoms with Crippen molar-refractivity contribution in [3.05, 3.63) is 23.9 Å². The summed E-state index contributed by atoms with van der Waals surface area (Å²) in [5.41, 5.74) is 1.14. The molecule has 3 nitrogen and oxygen atoms in total. The zero-order valence-electron chi connectivity index (χ0n) is 7.41. The summed E-state index contributed by atoms with van der Waals surface area (Å²) >= 11 is 0. The molecule has 66 valence electrons. The van der Waals surface area contributed by atoms with E-state index in [1.54, 1.807) is 6.20 Å². The Kier molecular flexibility index (Phi) is 3.05. The lowest BCUT2D eigenvalue weighted by Gasteiger charge is -2.10. The van der Waals surface area contributed by atoms with E-state index >= 15 is 0 Å². The van der Waals surface area contributed by atoms with Crippen molar-refractivity contribution in [2.24, 2.45) is 0 Å². The van der Waals surface area contributed by atoms with Crippen LogP contribution in [0, 0.1) is 6.92 Å². The Balaban J connectivity index is 2.58. The number of nitrogens with one attached hydrogen (secondary N) is 1. The molecule has 0 amide bonds. The van der Waals surface area contributed by atoms with E-state index in [2.05, 4.69) is 10.3 Å². The van der Waals surface area contributed by atoms with Gasteiger partial charge in [0.15, 0.2) is 0 Å². The molecule has 3 heteroatoms. The first-order valence-corrected chi connectivity index (χ1v) is 4.02. The van der Waals surface area contributed by atoms with E-state index in [4.69, 9.17) is 5.11 Å². The van der Waals surface area contributed by atoms with Crippen molar-refractivity contribution in [2.45, 2.75) is 19.9 Å². The lowest BCUT2D eigenvalue weighted by Crippen LogP contribution is -2.19. The molecule has 1 aromatic rings. The van der Waals surface area contributed by atoms with Crippen LogP contribution in [0.4, 0.5) is 5.82 Å². The predicted molar refractivity (Wildman–Crippen MR) is 49.1 cm³/mol. The Morgan fingerprint density at radius 2 is 2.33 bits per heavy atom. The number of rotatable bonds is 3. The minimum atomic E-state index is 0.0557. The Bertz CT molecular complexity index is 233. The molecular weight excluding hydrogens is 152 g/mol. The molecule has 0 saturated heterocycles. The van der Waals surface area contributed by atoms with Crippen LogP contribution in [-0.2, 0) is 0 Å². The van der Waals surface area contributed by atoms with Crippen LogP contribution in [-0.4, -0.2) is 22.7 Å². The monoisotopic (exact) mass is 166 g/mol. The second kappa shape index (κ2) is 4.07. The lowest BCUT2D eigenvalue weighted by molar-refractivity contribution is 0.281. The molecule has 1 unspecified atom stereocenters. The van der Waals surface area contributed by atoms with Crippen molar-refractivity contribution in [3.63, 3.8) is 0 Å². The van der Waals surface area contributed by atoms with Crippen molar-refractivity contribution >= 4 is 5.82 Å². The van der Waals surface area contributed by atoms with Crippen LogP contribution in [0.3, 0.4) is 0 Å². The van der Waals surface area contributed by atoms with E-state index in [9.17, 15) is 0 Å². The number of aryl methyl sites for hydroxylation is 1. The van der Waals surface area contributed by atoms with Gasteiger partial charge in [-0.25, -0.2) is 4.98 Å². The van der Waals surface area contributed by atoms with Gasteiger partial charge in [-0.15, -0.1) is 0 Å². The first-order chi connectivity index (χ1) is 5.72. The van der Waals surface area contributed by atoms with Gasteiger partial charge in [0.1, 0.15) is 5.82 Å². The quantitative estimate of drug-likeness (QED) is 0.708. The van der Waals surface area contributed by atoms with Crippen LogP contribution in [0.5, 0.6) is 0 Å². The molecule has 0 radical (unpaired) electrons. The standard InChI is InChI=1S/C9H14N2O/c1-7-3-4-9(10-5-7)11-8(2)6-12/h3-5,8,12H,6H2,1-2H3,(H,10,11). The van der Waals surface area contributed by atoms with Gasteiger partial charge >= 0.3 is 0 Å². The third-order valence-corrected chi connectivity index (χ3v) is 1.58. The highest BCUT2D eigenvalue weighted by molar-refractivity contribution is 5.35. The van der Waals surface area contributed by atoms with Crippen LogP contribution in [0.2, 0.25) is 0 Å². The maximum absolute atomic E-state index is 8.76. The molecular formula is C9H14N2O. The highest BCUT2D eigenvalue weighted by Crippen LogP contribution is 2.04. The van der Waals surface area contributed by atoms with Gasteiger partial charge in [0.05, 0.1) is 6.61 Å². The van der Waals surface area contributed by atoms with Crippen molar-refractivity contribution in [2.75, 3.05) is 11.9 Å². The highest BCUT2D eigenvalue weighted by atomic mass is 16.3. The average Bonchev–Trinajstić information content (AvgIpc) is 2.09. The lowest BCUT2D eigenvalue weighted by atomic mass is 10.3. The maximum Gasteiger partial charge on any atom is 0.126 e. The number of anilines is 1. The summed E-state index contributed by atoms with van der Waals surface area (Å²) in [5, 5.41) is 11.8. The summed E-state index contributed by atoms with van der Waals surface area (Å²) in [6.07, 6.45) is 1.80. The van der Waals surface area contributed by atoms with Gasteiger partial charge in [-0.1, -0.05) is 6.07 Å². The fraction of sp³-hybridized carbons (Fsp3) is 0.444. The van der Waals surface area contributed by atoms with E-state index in [0.717, 1.165) is 11.4 Å². The SMILES string of the molecule is Cc1ccc(NC(C)CO)nc1. The van der Waals surface area contributed by atoms with E-state index in [1.807, 2.05) is 26.0 Å². The summed E-state index contributed by atoms with van der Waals surface area (Å²) in [6.45, 7) is 4.02. The Hall–Kier alpha value is -1.09. The normalized spacial score (nSPS) is 12.6. The Morgan fingerprint density at radius 1 is 1.58 bits per heavy atom. The minimum Gasteiger partial charge on any atom is -0.394 e. The summed E-state index contributed by atoms with van der Waals surface area (Å²) < 4.78 is 0. The van der Waals surface area contributed by atoms with Crippen LogP contribution >= 0.6 is 0 Å². The molecule has 12 heavy (non-hydrogen) atoms. The Morgan fingerprint density at radius 3 is 2.83 bits per heavy atom. The van der Waals surface area contributed by atoms with E-state index in [-0.39, 0.29) is 12.6 Å². The molecule has 1 aromatic heterocycles. The van der Waals surface area contributed by atoms with Crippen molar-refractivity contribution in [3.8, 4) is 0 Å². The Labute approximate surface area is 72.5 Å². The molecule has 0 spiro atoms. The molecule has 0 aliphatic carbocycles. The molecule has 0 fully saturated rings. The largest absolute Gasteiger partial charge is 0.394 e. The zero-order chi connectivity index (χ0) is 8.97. The number of aliphatic hydroxyl groups excluding tert-OH is 1. The first-order valence-electron chi connectivity index (χ1n) is 4.02. The van der Waals surface area contributed by atoms with E-state index in [1.165, 1.54) is 0 Å². The topological polar surface area (TPSA) is 45.1 Å². The van der Waals surface area contributed by atoms with Crippen molar-refractivity contribution < 1.29 is 5.11 Å². The molecule has 1 atom stereocenters. The molecule has 0 aliphatic heterocycles. The third-order valence-electron chi connectivity index (χ3n) is 1.58. The third kappa shape index (κ3) is 2.51. The van der Waals surface area contributed by atoms with E-state index in [0.29, 0.717) is 0 Å².